The number of piperidine rings is 1. The quantitative estimate of drug-likeness (QED) is 0.749. The number of nitrogens with zero attached hydrogens (tertiary/aromatic N) is 2. The van der Waals surface area contributed by atoms with Gasteiger partial charge in [0.1, 0.15) is 24.6 Å². The lowest BCUT2D eigenvalue weighted by molar-refractivity contribution is 0.0561. The molecule has 1 N–H and O–H groups in total. The van der Waals surface area contributed by atoms with Crippen LogP contribution in [0.3, 0.4) is 0 Å². The van der Waals surface area contributed by atoms with Gasteiger partial charge in [-0.1, -0.05) is 31.4 Å². The van der Waals surface area contributed by atoms with Gasteiger partial charge in [0.25, 0.3) is 0 Å². The van der Waals surface area contributed by atoms with Gasteiger partial charge < -0.3 is 14.7 Å². The summed E-state index contributed by atoms with van der Waals surface area (Å²) >= 11 is 0. The molecule has 1 saturated carbocycles. The van der Waals surface area contributed by atoms with E-state index in [1.54, 1.807) is 0 Å². The molecule has 1 aromatic carbocycles. The highest BCUT2D eigenvalue weighted by Crippen LogP contribution is 2.22. The lowest BCUT2D eigenvalue weighted by atomic mass is 9.94. The number of hydrogen-bond acceptors (Lipinski definition) is 4. The Morgan fingerprint density at radius 2 is 1.93 bits per heavy atom. The molecule has 0 unspecified atom stereocenters. The summed E-state index contributed by atoms with van der Waals surface area (Å²) in [5, 5.41) is 10.4. The number of rotatable bonds is 8. The van der Waals surface area contributed by atoms with Gasteiger partial charge in [-0.05, 0) is 50.4 Å². The molecule has 0 aromatic heterocycles. The van der Waals surface area contributed by atoms with Crippen molar-refractivity contribution in [3.63, 3.8) is 0 Å². The first-order valence-electron chi connectivity index (χ1n) is 10.6. The molecule has 1 heterocycles. The zero-order valence-electron chi connectivity index (χ0n) is 16.7. The largest absolute Gasteiger partial charge is 0.491 e. The molecule has 1 aliphatic heterocycles. The van der Waals surface area contributed by atoms with Crippen LogP contribution in [-0.4, -0.2) is 66.5 Å². The fraction of sp³-hybridized carbons (Fsp3) is 0.727. The van der Waals surface area contributed by atoms with E-state index >= 15 is 0 Å². The van der Waals surface area contributed by atoms with E-state index in [0.29, 0.717) is 32.0 Å². The Hall–Kier alpha value is -1.17. The molecule has 2 aliphatic rings. The van der Waals surface area contributed by atoms with Gasteiger partial charge in [-0.25, -0.2) is 4.39 Å². The van der Waals surface area contributed by atoms with Crippen molar-refractivity contribution < 1.29 is 14.2 Å². The second kappa shape index (κ2) is 10.4. The molecule has 1 saturated heterocycles. The summed E-state index contributed by atoms with van der Waals surface area (Å²) in [5.41, 5.74) is 1.18. The number of alkyl halides is 1. The van der Waals surface area contributed by atoms with Gasteiger partial charge in [-0.15, -0.1) is 0 Å². The average molecular weight is 379 g/mol. The number of likely N-dealkylation sites (N-methyl/N-ethyl adjacent to an activating group) is 1. The molecule has 0 spiro atoms. The first-order chi connectivity index (χ1) is 13.1. The normalized spacial score (nSPS) is 21.5. The highest BCUT2D eigenvalue weighted by atomic mass is 19.1. The number of hydrogen-bond donors (Lipinski definition) is 1. The van der Waals surface area contributed by atoms with E-state index in [4.69, 9.17) is 4.74 Å². The van der Waals surface area contributed by atoms with E-state index in [1.807, 2.05) is 18.2 Å². The Labute approximate surface area is 163 Å². The second-order valence-electron chi connectivity index (χ2n) is 8.29. The lowest BCUT2D eigenvalue weighted by Crippen LogP contribution is -2.40. The van der Waals surface area contributed by atoms with E-state index in [0.717, 1.165) is 25.4 Å². The molecule has 0 amide bonds. The van der Waals surface area contributed by atoms with Crippen molar-refractivity contribution >= 4 is 0 Å². The Morgan fingerprint density at radius 1 is 1.19 bits per heavy atom. The highest BCUT2D eigenvalue weighted by molar-refractivity contribution is 5.28. The number of aliphatic hydroxyl groups excluding tert-OH is 1. The number of ether oxygens (including phenoxy) is 1. The summed E-state index contributed by atoms with van der Waals surface area (Å²) in [7, 11) is 2.11. The first kappa shape index (κ1) is 20.6. The van der Waals surface area contributed by atoms with Crippen LogP contribution in [0.4, 0.5) is 4.39 Å². The fourth-order valence-electron chi connectivity index (χ4n) is 4.30. The fourth-order valence-corrected chi connectivity index (χ4v) is 4.30. The Bertz CT molecular complexity index is 557. The predicted octanol–water partition coefficient (Wildman–Crippen LogP) is 3.62. The summed E-state index contributed by atoms with van der Waals surface area (Å²) in [4.78, 5) is 4.58. The molecule has 0 radical (unpaired) electrons. The minimum atomic E-state index is -0.635. The topological polar surface area (TPSA) is 35.9 Å². The molecule has 5 heteroatoms. The van der Waals surface area contributed by atoms with Gasteiger partial charge in [0.2, 0.25) is 0 Å². The summed E-state index contributed by atoms with van der Waals surface area (Å²) in [6, 6.07) is 8.66. The third kappa shape index (κ3) is 6.74. The van der Waals surface area contributed by atoms with Crippen LogP contribution in [-0.2, 0) is 6.54 Å². The molecule has 3 rings (SSSR count). The standard InChI is InChI=1S/C22H35FN2O2/c1-24(20-7-3-2-4-8-20)16-21(26)17-27-22-9-5-6-18(14-22)15-25-12-10-19(23)11-13-25/h5-6,9,14,19-21,26H,2-4,7-8,10-13,15-17H2,1H3/t21-/m1/s1. The van der Waals surface area contributed by atoms with Gasteiger partial charge >= 0.3 is 0 Å². The first-order valence-corrected chi connectivity index (χ1v) is 10.6. The molecule has 1 aromatic rings. The van der Waals surface area contributed by atoms with Gasteiger partial charge in [0.15, 0.2) is 0 Å². The van der Waals surface area contributed by atoms with Gasteiger partial charge in [0, 0.05) is 32.2 Å². The smallest absolute Gasteiger partial charge is 0.119 e. The summed E-state index contributed by atoms with van der Waals surface area (Å²) in [6.45, 7) is 3.43. The van der Waals surface area contributed by atoms with Crippen LogP contribution in [0, 0.1) is 0 Å². The summed E-state index contributed by atoms with van der Waals surface area (Å²) in [6.07, 6.45) is 6.59. The molecule has 152 valence electrons. The predicted molar refractivity (Wildman–Crippen MR) is 107 cm³/mol. The van der Waals surface area contributed by atoms with Crippen molar-refractivity contribution in [3.8, 4) is 5.75 Å². The third-order valence-electron chi connectivity index (χ3n) is 5.96. The van der Waals surface area contributed by atoms with E-state index < -0.39 is 12.3 Å². The van der Waals surface area contributed by atoms with Crippen LogP contribution in [0.1, 0.15) is 50.5 Å². The van der Waals surface area contributed by atoms with Crippen molar-refractivity contribution in [1.29, 1.82) is 0 Å². The number of benzene rings is 1. The average Bonchev–Trinajstić information content (AvgIpc) is 2.69. The minimum Gasteiger partial charge on any atom is -0.491 e. The Kier molecular flexibility index (Phi) is 7.92. The van der Waals surface area contributed by atoms with Crippen LogP contribution in [0.15, 0.2) is 24.3 Å². The zero-order chi connectivity index (χ0) is 19.1. The van der Waals surface area contributed by atoms with Crippen molar-refractivity contribution in [1.82, 2.24) is 9.80 Å². The molecule has 0 bridgehead atoms. The molecular formula is C22H35FN2O2. The maximum absolute atomic E-state index is 13.3. The molecule has 1 aliphatic carbocycles. The molecule has 2 fully saturated rings. The van der Waals surface area contributed by atoms with E-state index in [2.05, 4.69) is 22.9 Å². The van der Waals surface area contributed by atoms with Crippen LogP contribution in [0.25, 0.3) is 0 Å². The van der Waals surface area contributed by atoms with Gasteiger partial charge in [0.05, 0.1) is 0 Å². The Balaban J connectivity index is 1.42. The van der Waals surface area contributed by atoms with E-state index in [1.165, 1.54) is 37.7 Å². The monoisotopic (exact) mass is 378 g/mol. The number of halogens is 1. The van der Waals surface area contributed by atoms with Crippen molar-refractivity contribution in [2.75, 3.05) is 33.3 Å². The van der Waals surface area contributed by atoms with Crippen LogP contribution in [0.5, 0.6) is 5.75 Å². The van der Waals surface area contributed by atoms with E-state index in [9.17, 15) is 9.50 Å². The molecule has 1 atom stereocenters. The molecule has 27 heavy (non-hydrogen) atoms. The summed E-state index contributed by atoms with van der Waals surface area (Å²) < 4.78 is 19.1. The zero-order valence-corrected chi connectivity index (χ0v) is 16.7. The third-order valence-corrected chi connectivity index (χ3v) is 5.96. The lowest BCUT2D eigenvalue weighted by Gasteiger charge is -2.32. The van der Waals surface area contributed by atoms with Crippen molar-refractivity contribution in [2.45, 2.75) is 69.8 Å². The van der Waals surface area contributed by atoms with Crippen LogP contribution < -0.4 is 4.74 Å². The van der Waals surface area contributed by atoms with Crippen molar-refractivity contribution in [3.05, 3.63) is 29.8 Å². The maximum Gasteiger partial charge on any atom is 0.119 e. The van der Waals surface area contributed by atoms with Gasteiger partial charge in [-0.3, -0.25) is 4.90 Å². The van der Waals surface area contributed by atoms with Gasteiger partial charge in [-0.2, -0.15) is 0 Å². The molecular weight excluding hydrogens is 343 g/mol. The van der Waals surface area contributed by atoms with Crippen molar-refractivity contribution in [2.24, 2.45) is 0 Å². The van der Waals surface area contributed by atoms with E-state index in [-0.39, 0.29) is 0 Å². The minimum absolute atomic E-state index is 0.313. The van der Waals surface area contributed by atoms with Crippen LogP contribution in [0.2, 0.25) is 0 Å². The maximum atomic E-state index is 13.3. The summed E-state index contributed by atoms with van der Waals surface area (Å²) in [5.74, 6) is 0.798. The Morgan fingerprint density at radius 3 is 2.67 bits per heavy atom. The number of aliphatic hydroxyl groups is 1. The second-order valence-corrected chi connectivity index (χ2v) is 8.29. The van der Waals surface area contributed by atoms with Crippen LogP contribution >= 0.6 is 0 Å². The SMILES string of the molecule is CN(C[C@@H](O)COc1cccc(CN2CCC(F)CC2)c1)C1CCCCC1. The number of likely N-dealkylation sites (tertiary alicyclic amines) is 1. The molecule has 4 nitrogen and oxygen atoms in total. The highest BCUT2D eigenvalue weighted by Gasteiger charge is 2.21.